The number of benzene rings is 1. The van der Waals surface area contributed by atoms with Gasteiger partial charge in [-0.3, -0.25) is 14.6 Å². The summed E-state index contributed by atoms with van der Waals surface area (Å²) >= 11 is 0. The molecule has 2 aromatic rings. The summed E-state index contributed by atoms with van der Waals surface area (Å²) in [6.45, 7) is 4.39. The lowest BCUT2D eigenvalue weighted by molar-refractivity contribution is -0.123. The molecule has 138 valence electrons. The minimum atomic E-state index is -0.621. The number of ether oxygens (including phenoxy) is 1. The highest BCUT2D eigenvalue weighted by molar-refractivity contribution is 5.99. The van der Waals surface area contributed by atoms with Crippen LogP contribution in [0.4, 0.5) is 0 Å². The lowest BCUT2D eigenvalue weighted by atomic mass is 10.0. The second-order valence-electron chi connectivity index (χ2n) is 6.43. The van der Waals surface area contributed by atoms with Gasteiger partial charge >= 0.3 is 0 Å². The predicted molar refractivity (Wildman–Crippen MR) is 99.8 cm³/mol. The molecule has 0 bridgehead atoms. The highest BCUT2D eigenvalue weighted by Gasteiger charge is 2.23. The molecule has 26 heavy (non-hydrogen) atoms. The molecule has 6 nitrogen and oxygen atoms in total. The first-order valence-electron chi connectivity index (χ1n) is 8.61. The van der Waals surface area contributed by atoms with E-state index in [4.69, 9.17) is 4.74 Å². The van der Waals surface area contributed by atoms with Crippen molar-refractivity contribution in [1.82, 2.24) is 15.6 Å². The highest BCUT2D eigenvalue weighted by Crippen LogP contribution is 2.17. The van der Waals surface area contributed by atoms with Gasteiger partial charge in [0.15, 0.2) is 0 Å². The first-order valence-corrected chi connectivity index (χ1v) is 8.61. The number of methoxy groups -OCH3 is 1. The van der Waals surface area contributed by atoms with Crippen LogP contribution in [0.3, 0.4) is 0 Å². The molecular weight excluding hydrogens is 330 g/mol. The Labute approximate surface area is 154 Å². The maximum atomic E-state index is 12.6. The van der Waals surface area contributed by atoms with E-state index in [1.54, 1.807) is 36.7 Å². The van der Waals surface area contributed by atoms with Crippen molar-refractivity contribution in [3.8, 4) is 5.75 Å². The minimum absolute atomic E-state index is 0.217. The second-order valence-corrected chi connectivity index (χ2v) is 6.43. The Morgan fingerprint density at radius 1 is 1.15 bits per heavy atom. The Bertz CT molecular complexity index is 732. The third kappa shape index (κ3) is 5.58. The van der Waals surface area contributed by atoms with Gasteiger partial charge in [-0.15, -0.1) is 0 Å². The number of para-hydroxylation sites is 1. The molecule has 2 rings (SSSR count). The maximum absolute atomic E-state index is 12.6. The van der Waals surface area contributed by atoms with E-state index in [-0.39, 0.29) is 17.7 Å². The van der Waals surface area contributed by atoms with Gasteiger partial charge in [-0.1, -0.05) is 32.0 Å². The largest absolute Gasteiger partial charge is 0.496 e. The van der Waals surface area contributed by atoms with Gasteiger partial charge in [0.1, 0.15) is 11.8 Å². The molecule has 0 aliphatic heterocycles. The average Bonchev–Trinajstić information content (AvgIpc) is 2.65. The van der Waals surface area contributed by atoms with Gasteiger partial charge in [-0.25, -0.2) is 0 Å². The number of nitrogens with one attached hydrogen (secondary N) is 2. The van der Waals surface area contributed by atoms with Crippen molar-refractivity contribution in [2.45, 2.75) is 32.9 Å². The molecule has 1 atom stereocenters. The number of amides is 2. The van der Waals surface area contributed by atoms with Gasteiger partial charge in [0.25, 0.3) is 5.91 Å². The van der Waals surface area contributed by atoms with Gasteiger partial charge in [0.05, 0.1) is 12.7 Å². The van der Waals surface area contributed by atoms with Gasteiger partial charge in [0.2, 0.25) is 5.91 Å². The normalized spacial score (nSPS) is 11.7. The Hall–Kier alpha value is -2.89. The number of hydrogen-bond acceptors (Lipinski definition) is 4. The van der Waals surface area contributed by atoms with Crippen LogP contribution in [-0.2, 0) is 11.3 Å². The summed E-state index contributed by atoms with van der Waals surface area (Å²) in [7, 11) is 1.51. The zero-order chi connectivity index (χ0) is 18.9. The lowest BCUT2D eigenvalue weighted by Crippen LogP contribution is -2.47. The monoisotopic (exact) mass is 355 g/mol. The zero-order valence-corrected chi connectivity index (χ0v) is 15.4. The molecule has 1 heterocycles. The molecule has 0 fully saturated rings. The summed E-state index contributed by atoms with van der Waals surface area (Å²) in [5.41, 5.74) is 1.31. The van der Waals surface area contributed by atoms with Crippen LogP contribution in [-0.4, -0.2) is 29.9 Å². The van der Waals surface area contributed by atoms with Crippen LogP contribution >= 0.6 is 0 Å². The third-order valence-electron chi connectivity index (χ3n) is 3.87. The van der Waals surface area contributed by atoms with Crippen molar-refractivity contribution in [3.63, 3.8) is 0 Å². The number of pyridine rings is 1. The second kappa shape index (κ2) is 9.56. The van der Waals surface area contributed by atoms with E-state index in [1.165, 1.54) is 7.11 Å². The molecule has 0 unspecified atom stereocenters. The van der Waals surface area contributed by atoms with Gasteiger partial charge < -0.3 is 15.4 Å². The van der Waals surface area contributed by atoms with E-state index in [0.717, 1.165) is 5.56 Å². The van der Waals surface area contributed by atoms with Crippen LogP contribution in [0.5, 0.6) is 5.75 Å². The van der Waals surface area contributed by atoms with Crippen LogP contribution in [0.1, 0.15) is 36.2 Å². The van der Waals surface area contributed by atoms with Crippen LogP contribution in [0.25, 0.3) is 0 Å². The third-order valence-corrected chi connectivity index (χ3v) is 3.87. The number of hydrogen-bond donors (Lipinski definition) is 2. The van der Waals surface area contributed by atoms with E-state index in [0.29, 0.717) is 24.3 Å². The molecular formula is C20H25N3O3. The molecule has 0 radical (unpaired) electrons. The first-order chi connectivity index (χ1) is 12.5. The van der Waals surface area contributed by atoms with E-state index >= 15 is 0 Å². The van der Waals surface area contributed by atoms with Gasteiger partial charge in [0, 0.05) is 18.9 Å². The predicted octanol–water partition coefficient (Wildman–Crippen LogP) is 2.55. The fraction of sp³-hybridized carbons (Fsp3) is 0.350. The molecule has 0 saturated heterocycles. The summed E-state index contributed by atoms with van der Waals surface area (Å²) < 4.78 is 5.23. The van der Waals surface area contributed by atoms with Crippen molar-refractivity contribution in [3.05, 3.63) is 59.9 Å². The van der Waals surface area contributed by atoms with Gasteiger partial charge in [-0.05, 0) is 36.1 Å². The number of carbonyl (C=O) groups excluding carboxylic acids is 2. The molecule has 0 aliphatic rings. The van der Waals surface area contributed by atoms with Crippen molar-refractivity contribution in [2.24, 2.45) is 5.92 Å². The van der Waals surface area contributed by atoms with Gasteiger partial charge in [-0.2, -0.15) is 0 Å². The smallest absolute Gasteiger partial charge is 0.255 e. The number of nitrogens with zero attached hydrogens (tertiary/aromatic N) is 1. The van der Waals surface area contributed by atoms with Crippen molar-refractivity contribution in [1.29, 1.82) is 0 Å². The summed E-state index contributed by atoms with van der Waals surface area (Å²) in [5.74, 6) is 0.182. The van der Waals surface area contributed by atoms with Crippen LogP contribution in [0, 0.1) is 5.92 Å². The molecule has 0 aliphatic carbocycles. The summed E-state index contributed by atoms with van der Waals surface area (Å²) in [6, 6.07) is 10.0. The molecule has 0 spiro atoms. The fourth-order valence-electron chi connectivity index (χ4n) is 2.59. The lowest BCUT2D eigenvalue weighted by Gasteiger charge is -2.21. The number of rotatable bonds is 8. The Kier molecular flexibility index (Phi) is 7.14. The Morgan fingerprint density at radius 3 is 2.58 bits per heavy atom. The quantitative estimate of drug-likeness (QED) is 0.763. The van der Waals surface area contributed by atoms with Crippen molar-refractivity contribution >= 4 is 11.8 Å². The Balaban J connectivity index is 2.06. The molecule has 1 aromatic heterocycles. The van der Waals surface area contributed by atoms with Crippen molar-refractivity contribution in [2.75, 3.05) is 7.11 Å². The summed E-state index contributed by atoms with van der Waals surface area (Å²) in [6.07, 6.45) is 3.92. The first kappa shape index (κ1) is 19.4. The van der Waals surface area contributed by atoms with Crippen LogP contribution < -0.4 is 15.4 Å². The maximum Gasteiger partial charge on any atom is 0.255 e. The van der Waals surface area contributed by atoms with Crippen LogP contribution in [0.2, 0.25) is 0 Å². The highest BCUT2D eigenvalue weighted by atomic mass is 16.5. The molecule has 6 heteroatoms. The van der Waals surface area contributed by atoms with E-state index in [1.807, 2.05) is 26.0 Å². The molecule has 2 N–H and O–H groups in total. The molecule has 1 aromatic carbocycles. The number of aromatic nitrogens is 1. The number of carbonyl (C=O) groups is 2. The van der Waals surface area contributed by atoms with Crippen LogP contribution in [0.15, 0.2) is 48.8 Å². The standard InChI is InChI=1S/C20H25N3O3/c1-14(2)11-17(20(25)22-13-15-7-6-10-21-12-15)23-19(24)16-8-4-5-9-18(16)26-3/h4-10,12,14,17H,11,13H2,1-3H3,(H,22,25)(H,23,24)/t17-/m0/s1. The summed E-state index contributed by atoms with van der Waals surface area (Å²) in [4.78, 5) is 29.2. The fourth-order valence-corrected chi connectivity index (χ4v) is 2.59. The summed E-state index contributed by atoms with van der Waals surface area (Å²) in [5, 5.41) is 5.69. The average molecular weight is 355 g/mol. The topological polar surface area (TPSA) is 80.3 Å². The van der Waals surface area contributed by atoms with E-state index in [2.05, 4.69) is 15.6 Å². The minimum Gasteiger partial charge on any atom is -0.496 e. The molecule has 0 saturated carbocycles. The van der Waals surface area contributed by atoms with Crippen molar-refractivity contribution < 1.29 is 14.3 Å². The zero-order valence-electron chi connectivity index (χ0n) is 15.4. The molecule has 2 amide bonds. The Morgan fingerprint density at radius 2 is 1.92 bits per heavy atom. The van der Waals surface area contributed by atoms with E-state index < -0.39 is 6.04 Å². The SMILES string of the molecule is COc1ccccc1C(=O)N[C@@H](CC(C)C)C(=O)NCc1cccnc1. The van der Waals surface area contributed by atoms with E-state index in [9.17, 15) is 9.59 Å².